The van der Waals surface area contributed by atoms with Gasteiger partial charge in [0.2, 0.25) is 0 Å². The van der Waals surface area contributed by atoms with Gasteiger partial charge in [0.25, 0.3) is 5.82 Å². The SMILES string of the molecule is CCCCCCCCCCCCCCCCC[n+]1ccn(C(C)C)c1C. The van der Waals surface area contributed by atoms with E-state index < -0.39 is 0 Å². The number of nitrogens with zero attached hydrogens (tertiary/aromatic N) is 2. The Bertz CT molecular complexity index is 433. The molecule has 0 spiro atoms. The maximum Gasteiger partial charge on any atom is 0.253 e. The number of hydrogen-bond acceptors (Lipinski definition) is 0. The summed E-state index contributed by atoms with van der Waals surface area (Å²) in [4.78, 5) is 0. The molecule has 0 saturated carbocycles. The molecule has 1 aromatic rings. The third kappa shape index (κ3) is 10.4. The van der Waals surface area contributed by atoms with Crippen LogP contribution in [0.1, 0.15) is 129 Å². The van der Waals surface area contributed by atoms with Crippen molar-refractivity contribution in [1.29, 1.82) is 0 Å². The molecule has 1 heterocycles. The first-order chi connectivity index (χ1) is 12.7. The Morgan fingerprint density at radius 1 is 0.731 bits per heavy atom. The maximum atomic E-state index is 2.42. The fourth-order valence-corrected chi connectivity index (χ4v) is 3.95. The van der Waals surface area contributed by atoms with Gasteiger partial charge >= 0.3 is 0 Å². The summed E-state index contributed by atoms with van der Waals surface area (Å²) in [7, 11) is 0. The lowest BCUT2D eigenvalue weighted by Gasteiger charge is -2.04. The van der Waals surface area contributed by atoms with E-state index in [2.05, 4.69) is 49.2 Å². The van der Waals surface area contributed by atoms with E-state index in [-0.39, 0.29) is 0 Å². The summed E-state index contributed by atoms with van der Waals surface area (Å²) >= 11 is 0. The molecule has 0 fully saturated rings. The van der Waals surface area contributed by atoms with Crippen molar-refractivity contribution in [1.82, 2.24) is 4.57 Å². The molecular weight excluding hydrogens is 316 g/mol. The lowest BCUT2D eigenvalue weighted by atomic mass is 10.0. The Morgan fingerprint density at radius 3 is 1.54 bits per heavy atom. The van der Waals surface area contributed by atoms with Gasteiger partial charge in [-0.25, -0.2) is 9.13 Å². The Morgan fingerprint density at radius 2 is 1.15 bits per heavy atom. The largest absolute Gasteiger partial charge is 0.253 e. The van der Waals surface area contributed by atoms with E-state index in [0.29, 0.717) is 6.04 Å². The highest BCUT2D eigenvalue weighted by atomic mass is 15.2. The van der Waals surface area contributed by atoms with Crippen LogP contribution in [0, 0.1) is 6.92 Å². The van der Waals surface area contributed by atoms with Crippen LogP contribution in [0.3, 0.4) is 0 Å². The molecule has 1 aromatic heterocycles. The predicted octanol–water partition coefficient (Wildman–Crippen LogP) is 7.54. The zero-order chi connectivity index (χ0) is 19.0. The molecule has 2 heteroatoms. The van der Waals surface area contributed by atoms with E-state index in [1.807, 2.05) is 0 Å². The van der Waals surface area contributed by atoms with Gasteiger partial charge < -0.3 is 0 Å². The minimum Gasteiger partial charge on any atom is -0.234 e. The standard InChI is InChI=1S/C24H47N2/c1-5-6-7-8-9-10-11-12-13-14-15-16-17-18-19-20-25-21-22-26(23(2)3)24(25)4/h21-23H,5-20H2,1-4H3/q+1. The highest BCUT2D eigenvalue weighted by Gasteiger charge is 2.13. The summed E-state index contributed by atoms with van der Waals surface area (Å²) in [5, 5.41) is 0. The summed E-state index contributed by atoms with van der Waals surface area (Å²) < 4.78 is 4.79. The zero-order valence-corrected chi connectivity index (χ0v) is 18.4. The Hall–Kier alpha value is -0.790. The van der Waals surface area contributed by atoms with Gasteiger partial charge in [-0.05, 0) is 26.7 Å². The van der Waals surface area contributed by atoms with Gasteiger partial charge in [0.05, 0.1) is 12.6 Å². The second-order valence-corrected chi connectivity index (χ2v) is 8.49. The number of imidazole rings is 1. The van der Waals surface area contributed by atoms with Crippen LogP contribution in [0.2, 0.25) is 0 Å². The highest BCUT2D eigenvalue weighted by Crippen LogP contribution is 2.13. The summed E-state index contributed by atoms with van der Waals surface area (Å²) in [5.41, 5.74) is 0. The van der Waals surface area contributed by atoms with Crippen LogP contribution >= 0.6 is 0 Å². The molecule has 0 bridgehead atoms. The number of unbranched alkanes of at least 4 members (excludes halogenated alkanes) is 14. The second-order valence-electron chi connectivity index (χ2n) is 8.49. The number of rotatable bonds is 17. The van der Waals surface area contributed by atoms with Gasteiger partial charge in [-0.2, -0.15) is 0 Å². The second kappa shape index (κ2) is 15.3. The molecule has 0 aliphatic rings. The van der Waals surface area contributed by atoms with Crippen LogP contribution < -0.4 is 4.57 Å². The fraction of sp³-hybridized carbons (Fsp3) is 0.875. The summed E-state index contributed by atoms with van der Waals surface area (Å²) in [5.74, 6) is 1.39. The molecule has 0 aliphatic carbocycles. The minimum atomic E-state index is 0.567. The number of aryl methyl sites for hydroxylation is 1. The average Bonchev–Trinajstić information content (AvgIpc) is 2.99. The number of hydrogen-bond donors (Lipinski definition) is 0. The third-order valence-electron chi connectivity index (χ3n) is 5.76. The van der Waals surface area contributed by atoms with E-state index in [1.165, 1.54) is 109 Å². The van der Waals surface area contributed by atoms with Gasteiger partial charge in [-0.3, -0.25) is 0 Å². The molecule has 0 N–H and O–H groups in total. The minimum absolute atomic E-state index is 0.567. The lowest BCUT2D eigenvalue weighted by Crippen LogP contribution is -2.35. The van der Waals surface area contributed by atoms with E-state index in [0.717, 1.165) is 0 Å². The fourth-order valence-electron chi connectivity index (χ4n) is 3.95. The molecule has 0 unspecified atom stereocenters. The van der Waals surface area contributed by atoms with Crippen molar-refractivity contribution in [3.8, 4) is 0 Å². The topological polar surface area (TPSA) is 8.81 Å². The van der Waals surface area contributed by atoms with Crippen LogP contribution in [0.4, 0.5) is 0 Å². The first-order valence-corrected chi connectivity index (χ1v) is 11.7. The van der Waals surface area contributed by atoms with Crippen molar-refractivity contribution in [3.63, 3.8) is 0 Å². The number of aromatic nitrogens is 2. The molecule has 0 atom stereocenters. The van der Waals surface area contributed by atoms with E-state index in [9.17, 15) is 0 Å². The molecule has 0 radical (unpaired) electrons. The van der Waals surface area contributed by atoms with Crippen molar-refractivity contribution in [3.05, 3.63) is 18.2 Å². The van der Waals surface area contributed by atoms with Gasteiger partial charge in [-0.15, -0.1) is 0 Å². The molecule has 2 nitrogen and oxygen atoms in total. The van der Waals surface area contributed by atoms with Gasteiger partial charge in [0, 0.05) is 6.92 Å². The quantitative estimate of drug-likeness (QED) is 0.200. The normalized spacial score (nSPS) is 11.6. The van der Waals surface area contributed by atoms with Crippen LogP contribution in [0.5, 0.6) is 0 Å². The maximum absolute atomic E-state index is 2.42. The summed E-state index contributed by atoms with van der Waals surface area (Å²) in [6, 6.07) is 0.567. The lowest BCUT2D eigenvalue weighted by molar-refractivity contribution is -0.703. The van der Waals surface area contributed by atoms with Crippen LogP contribution in [-0.4, -0.2) is 4.57 Å². The van der Waals surface area contributed by atoms with E-state index in [1.54, 1.807) is 0 Å². The van der Waals surface area contributed by atoms with Gasteiger partial charge in [0.15, 0.2) is 0 Å². The van der Waals surface area contributed by atoms with Crippen molar-refractivity contribution in [2.45, 2.75) is 137 Å². The van der Waals surface area contributed by atoms with Crippen LogP contribution in [0.15, 0.2) is 12.4 Å². The first-order valence-electron chi connectivity index (χ1n) is 11.7. The Balaban J connectivity index is 1.85. The molecule has 0 saturated heterocycles. The van der Waals surface area contributed by atoms with Crippen molar-refractivity contribution >= 4 is 0 Å². The van der Waals surface area contributed by atoms with Crippen molar-refractivity contribution < 1.29 is 4.57 Å². The molecule has 0 aromatic carbocycles. The van der Waals surface area contributed by atoms with Gasteiger partial charge in [0.1, 0.15) is 12.4 Å². The third-order valence-corrected chi connectivity index (χ3v) is 5.76. The predicted molar refractivity (Wildman–Crippen MR) is 115 cm³/mol. The average molecular weight is 364 g/mol. The highest BCUT2D eigenvalue weighted by molar-refractivity contribution is 4.82. The van der Waals surface area contributed by atoms with Crippen molar-refractivity contribution in [2.75, 3.05) is 0 Å². The van der Waals surface area contributed by atoms with E-state index >= 15 is 0 Å². The van der Waals surface area contributed by atoms with Gasteiger partial charge in [-0.1, -0.05) is 90.4 Å². The molecule has 152 valence electrons. The monoisotopic (exact) mass is 363 g/mol. The van der Waals surface area contributed by atoms with E-state index in [4.69, 9.17) is 0 Å². The summed E-state index contributed by atoms with van der Waals surface area (Å²) in [6.07, 6.45) is 26.0. The molecule has 1 rings (SSSR count). The van der Waals surface area contributed by atoms with Crippen LogP contribution in [0.25, 0.3) is 0 Å². The first kappa shape index (κ1) is 23.2. The summed E-state index contributed by atoms with van der Waals surface area (Å²) in [6.45, 7) is 10.2. The Kier molecular flexibility index (Phi) is 13.7. The smallest absolute Gasteiger partial charge is 0.234 e. The molecular formula is C24H47N2+. The molecule has 0 amide bonds. The van der Waals surface area contributed by atoms with Crippen molar-refractivity contribution in [2.24, 2.45) is 0 Å². The Labute approximate surface area is 164 Å². The zero-order valence-electron chi connectivity index (χ0n) is 18.4. The molecule has 26 heavy (non-hydrogen) atoms. The van der Waals surface area contributed by atoms with Crippen LogP contribution in [-0.2, 0) is 6.54 Å². The molecule has 0 aliphatic heterocycles.